The van der Waals surface area contributed by atoms with Crippen molar-refractivity contribution in [2.24, 2.45) is 7.05 Å². The van der Waals surface area contributed by atoms with Crippen molar-refractivity contribution in [2.75, 3.05) is 13.7 Å². The molecule has 1 aromatic heterocycles. The van der Waals surface area contributed by atoms with Gasteiger partial charge in [-0.1, -0.05) is 27.7 Å². The molecule has 1 rings (SSSR count). The minimum absolute atomic E-state index is 0.0541. The zero-order valence-corrected chi connectivity index (χ0v) is 11.9. The van der Waals surface area contributed by atoms with E-state index in [0.29, 0.717) is 6.04 Å². The molecule has 1 aromatic rings. The van der Waals surface area contributed by atoms with E-state index in [1.165, 1.54) is 0 Å². The lowest BCUT2D eigenvalue weighted by molar-refractivity contribution is 0.367. The third-order valence-electron chi connectivity index (χ3n) is 3.07. The summed E-state index contributed by atoms with van der Waals surface area (Å²) in [5.41, 5.74) is 1.21. The lowest BCUT2D eigenvalue weighted by Gasteiger charge is -2.26. The lowest BCUT2D eigenvalue weighted by atomic mass is 9.85. The Morgan fingerprint density at radius 2 is 2.12 bits per heavy atom. The van der Waals surface area contributed by atoms with Crippen molar-refractivity contribution in [1.82, 2.24) is 15.1 Å². The summed E-state index contributed by atoms with van der Waals surface area (Å²) in [6.45, 7) is 9.79. The van der Waals surface area contributed by atoms with Crippen LogP contribution in [0.1, 0.15) is 39.8 Å². The lowest BCUT2D eigenvalue weighted by Crippen LogP contribution is -2.31. The van der Waals surface area contributed by atoms with Crippen molar-refractivity contribution in [3.63, 3.8) is 0 Å². The first kappa shape index (κ1) is 14.0. The summed E-state index contributed by atoms with van der Waals surface area (Å²) < 4.78 is 7.29. The molecule has 0 aliphatic heterocycles. The van der Waals surface area contributed by atoms with Crippen molar-refractivity contribution in [1.29, 1.82) is 0 Å². The maximum Gasteiger partial charge on any atom is 0.160 e. The summed E-state index contributed by atoms with van der Waals surface area (Å²) in [5, 5.41) is 7.72. The Kier molecular flexibility index (Phi) is 4.57. The highest BCUT2D eigenvalue weighted by Gasteiger charge is 2.27. The fraction of sp³-hybridized carbons (Fsp3) is 0.769. The van der Waals surface area contributed by atoms with Crippen LogP contribution in [0, 0.1) is 0 Å². The van der Waals surface area contributed by atoms with E-state index in [-0.39, 0.29) is 5.41 Å². The summed E-state index contributed by atoms with van der Waals surface area (Å²) >= 11 is 0. The predicted octanol–water partition coefficient (Wildman–Crippen LogP) is 2.09. The van der Waals surface area contributed by atoms with Gasteiger partial charge in [-0.3, -0.25) is 4.68 Å². The van der Waals surface area contributed by atoms with E-state index in [1.54, 1.807) is 13.3 Å². The summed E-state index contributed by atoms with van der Waals surface area (Å²) in [5.74, 6) is 0.877. The normalized spacial score (nSPS) is 12.2. The van der Waals surface area contributed by atoms with Gasteiger partial charge in [-0.2, -0.15) is 5.10 Å². The van der Waals surface area contributed by atoms with Crippen LogP contribution in [0.25, 0.3) is 0 Å². The zero-order chi connectivity index (χ0) is 13.1. The quantitative estimate of drug-likeness (QED) is 0.826. The summed E-state index contributed by atoms with van der Waals surface area (Å²) in [6, 6.07) is 0.527. The number of aryl methyl sites for hydroxylation is 1. The molecule has 0 aliphatic carbocycles. The topological polar surface area (TPSA) is 39.1 Å². The number of ether oxygens (including phenoxy) is 1. The third kappa shape index (κ3) is 3.46. The first-order chi connectivity index (χ1) is 7.88. The molecule has 4 heteroatoms. The molecule has 1 heterocycles. The highest BCUT2D eigenvalue weighted by atomic mass is 16.5. The molecule has 17 heavy (non-hydrogen) atoms. The van der Waals surface area contributed by atoms with Crippen molar-refractivity contribution < 1.29 is 4.74 Å². The SMILES string of the molecule is COc1cnn(C)c1C(C)(C)CCNC(C)C. The van der Waals surface area contributed by atoms with Gasteiger partial charge in [-0.25, -0.2) is 0 Å². The minimum atomic E-state index is 0.0541. The molecule has 0 unspecified atom stereocenters. The Hall–Kier alpha value is -1.03. The number of hydrogen-bond acceptors (Lipinski definition) is 3. The van der Waals surface area contributed by atoms with E-state index in [0.717, 1.165) is 24.4 Å². The van der Waals surface area contributed by atoms with E-state index < -0.39 is 0 Å². The second kappa shape index (κ2) is 5.54. The Bertz CT molecular complexity index is 356. The highest BCUT2D eigenvalue weighted by molar-refractivity contribution is 5.31. The second-order valence-corrected chi connectivity index (χ2v) is 5.43. The van der Waals surface area contributed by atoms with Gasteiger partial charge in [0, 0.05) is 18.5 Å². The molecule has 98 valence electrons. The Labute approximate surface area is 104 Å². The number of nitrogens with zero attached hydrogens (tertiary/aromatic N) is 2. The maximum atomic E-state index is 5.38. The van der Waals surface area contributed by atoms with Gasteiger partial charge in [0.1, 0.15) is 0 Å². The Morgan fingerprint density at radius 3 is 2.65 bits per heavy atom. The van der Waals surface area contributed by atoms with E-state index in [2.05, 4.69) is 38.1 Å². The van der Waals surface area contributed by atoms with Crippen LogP contribution in [0.4, 0.5) is 0 Å². The monoisotopic (exact) mass is 239 g/mol. The third-order valence-corrected chi connectivity index (χ3v) is 3.07. The van der Waals surface area contributed by atoms with Gasteiger partial charge in [0.25, 0.3) is 0 Å². The molecule has 0 atom stereocenters. The molecule has 0 saturated heterocycles. The van der Waals surface area contributed by atoms with Crippen LogP contribution in [-0.2, 0) is 12.5 Å². The summed E-state index contributed by atoms with van der Waals surface area (Å²) in [6.07, 6.45) is 2.84. The van der Waals surface area contributed by atoms with Crippen molar-refractivity contribution >= 4 is 0 Å². The summed E-state index contributed by atoms with van der Waals surface area (Å²) in [4.78, 5) is 0. The molecule has 0 fully saturated rings. The highest BCUT2D eigenvalue weighted by Crippen LogP contribution is 2.33. The van der Waals surface area contributed by atoms with Crippen molar-refractivity contribution in [3.8, 4) is 5.75 Å². The predicted molar refractivity (Wildman–Crippen MR) is 70.5 cm³/mol. The van der Waals surface area contributed by atoms with Crippen LogP contribution < -0.4 is 10.1 Å². The molecule has 0 saturated carbocycles. The van der Waals surface area contributed by atoms with Gasteiger partial charge in [-0.05, 0) is 13.0 Å². The van der Waals surface area contributed by atoms with Crippen LogP contribution >= 0.6 is 0 Å². The van der Waals surface area contributed by atoms with Gasteiger partial charge in [0.2, 0.25) is 0 Å². The molecule has 0 aliphatic rings. The number of nitrogens with one attached hydrogen (secondary N) is 1. The molecular formula is C13H25N3O. The van der Waals surface area contributed by atoms with E-state index in [9.17, 15) is 0 Å². The molecule has 4 nitrogen and oxygen atoms in total. The average molecular weight is 239 g/mol. The van der Waals surface area contributed by atoms with Crippen LogP contribution in [-0.4, -0.2) is 29.5 Å². The Morgan fingerprint density at radius 1 is 1.47 bits per heavy atom. The van der Waals surface area contributed by atoms with Crippen LogP contribution in [0.5, 0.6) is 5.75 Å². The second-order valence-electron chi connectivity index (χ2n) is 5.43. The number of aromatic nitrogens is 2. The van der Waals surface area contributed by atoms with E-state index in [1.807, 2.05) is 11.7 Å². The smallest absolute Gasteiger partial charge is 0.160 e. The van der Waals surface area contributed by atoms with E-state index in [4.69, 9.17) is 4.74 Å². The van der Waals surface area contributed by atoms with Gasteiger partial charge in [-0.15, -0.1) is 0 Å². The molecule has 1 N–H and O–H groups in total. The van der Waals surface area contributed by atoms with E-state index >= 15 is 0 Å². The minimum Gasteiger partial charge on any atom is -0.493 e. The number of methoxy groups -OCH3 is 1. The van der Waals surface area contributed by atoms with Crippen molar-refractivity contribution in [2.45, 2.75) is 45.6 Å². The molecule has 0 spiro atoms. The number of rotatable bonds is 6. The fourth-order valence-electron chi connectivity index (χ4n) is 2.13. The summed E-state index contributed by atoms with van der Waals surface area (Å²) in [7, 11) is 3.67. The molecule has 0 amide bonds. The van der Waals surface area contributed by atoms with Crippen LogP contribution in [0.15, 0.2) is 6.20 Å². The largest absolute Gasteiger partial charge is 0.493 e. The standard InChI is InChI=1S/C13H25N3O/c1-10(2)14-8-7-13(3,4)12-11(17-6)9-15-16(12)5/h9-10,14H,7-8H2,1-6H3. The average Bonchev–Trinajstić information content (AvgIpc) is 2.59. The van der Waals surface area contributed by atoms with Crippen LogP contribution in [0.2, 0.25) is 0 Å². The molecule has 0 bridgehead atoms. The first-order valence-corrected chi connectivity index (χ1v) is 6.18. The zero-order valence-electron chi connectivity index (χ0n) is 11.9. The van der Waals surface area contributed by atoms with Gasteiger partial charge >= 0.3 is 0 Å². The molecule has 0 radical (unpaired) electrons. The number of hydrogen-bond donors (Lipinski definition) is 1. The van der Waals surface area contributed by atoms with Gasteiger partial charge in [0.05, 0.1) is 19.0 Å². The Balaban J connectivity index is 2.77. The fourth-order valence-corrected chi connectivity index (χ4v) is 2.13. The van der Waals surface area contributed by atoms with Crippen molar-refractivity contribution in [3.05, 3.63) is 11.9 Å². The molecule has 0 aromatic carbocycles. The first-order valence-electron chi connectivity index (χ1n) is 6.18. The van der Waals surface area contributed by atoms with Gasteiger partial charge in [0.15, 0.2) is 5.75 Å². The van der Waals surface area contributed by atoms with Crippen LogP contribution in [0.3, 0.4) is 0 Å². The van der Waals surface area contributed by atoms with Gasteiger partial charge < -0.3 is 10.1 Å². The molecular weight excluding hydrogens is 214 g/mol. The maximum absolute atomic E-state index is 5.38.